The van der Waals surface area contributed by atoms with Gasteiger partial charge >= 0.3 is 0 Å². The molecule has 2 heterocycles. The van der Waals surface area contributed by atoms with E-state index in [1.807, 2.05) is 46.4 Å². The van der Waals surface area contributed by atoms with E-state index < -0.39 is 0 Å². The van der Waals surface area contributed by atoms with Crippen LogP contribution in [0.1, 0.15) is 5.69 Å². The molecule has 0 fully saturated rings. The van der Waals surface area contributed by atoms with Gasteiger partial charge in [0.2, 0.25) is 0 Å². The van der Waals surface area contributed by atoms with E-state index in [4.69, 9.17) is 11.6 Å². The number of nitrogens with zero attached hydrogens (tertiary/aromatic N) is 2. The molecule has 0 amide bonds. The van der Waals surface area contributed by atoms with Gasteiger partial charge in [-0.15, -0.1) is 11.3 Å². The van der Waals surface area contributed by atoms with Crippen LogP contribution in [0, 0.1) is 0 Å². The lowest BCUT2D eigenvalue weighted by Crippen LogP contribution is -1.99. The van der Waals surface area contributed by atoms with Gasteiger partial charge in [0.15, 0.2) is 4.96 Å². The molecule has 0 aliphatic rings. The van der Waals surface area contributed by atoms with Crippen molar-refractivity contribution in [2.24, 2.45) is 0 Å². The second-order valence-electron chi connectivity index (χ2n) is 3.69. The van der Waals surface area contributed by atoms with E-state index in [0.717, 1.165) is 21.4 Å². The number of benzene rings is 1. The molecule has 0 saturated heterocycles. The molecule has 3 nitrogen and oxygen atoms in total. The number of rotatable bonds is 3. The topological polar surface area (TPSA) is 29.3 Å². The number of imidazole rings is 1. The zero-order valence-corrected chi connectivity index (χ0v) is 10.5. The van der Waals surface area contributed by atoms with Crippen molar-refractivity contribution in [2.75, 3.05) is 5.32 Å². The number of aromatic nitrogens is 2. The predicted molar refractivity (Wildman–Crippen MR) is 71.8 cm³/mol. The van der Waals surface area contributed by atoms with Gasteiger partial charge in [-0.2, -0.15) is 0 Å². The molecule has 17 heavy (non-hydrogen) atoms. The number of hydrogen-bond acceptors (Lipinski definition) is 3. The fraction of sp³-hybridized carbons (Fsp3) is 0.0833. The van der Waals surface area contributed by atoms with Gasteiger partial charge in [-0.05, 0) is 18.2 Å². The van der Waals surface area contributed by atoms with Gasteiger partial charge in [0.1, 0.15) is 0 Å². The SMILES string of the molecule is Clc1cccc(NCc2cn3ccsc3n2)c1. The molecule has 86 valence electrons. The van der Waals surface area contributed by atoms with E-state index in [2.05, 4.69) is 10.3 Å². The van der Waals surface area contributed by atoms with Gasteiger partial charge < -0.3 is 5.32 Å². The molecule has 0 radical (unpaired) electrons. The molecule has 5 heteroatoms. The number of anilines is 1. The number of thiazole rings is 1. The van der Waals surface area contributed by atoms with Crippen LogP contribution in [0.15, 0.2) is 42.0 Å². The third-order valence-corrected chi connectivity index (χ3v) is 3.45. The van der Waals surface area contributed by atoms with Crippen molar-refractivity contribution in [1.82, 2.24) is 9.38 Å². The van der Waals surface area contributed by atoms with Crippen molar-refractivity contribution in [3.05, 3.63) is 52.8 Å². The summed E-state index contributed by atoms with van der Waals surface area (Å²) in [6.07, 6.45) is 4.04. The minimum atomic E-state index is 0.703. The Hall–Kier alpha value is -1.52. The van der Waals surface area contributed by atoms with E-state index in [-0.39, 0.29) is 0 Å². The fourth-order valence-corrected chi connectivity index (χ4v) is 2.56. The number of hydrogen-bond donors (Lipinski definition) is 1. The lowest BCUT2D eigenvalue weighted by molar-refractivity contribution is 1.08. The van der Waals surface area contributed by atoms with Crippen LogP contribution in [0.4, 0.5) is 5.69 Å². The Morgan fingerprint density at radius 2 is 2.35 bits per heavy atom. The average Bonchev–Trinajstić information content (AvgIpc) is 2.86. The maximum atomic E-state index is 5.92. The molecule has 0 bridgehead atoms. The van der Waals surface area contributed by atoms with Crippen LogP contribution in [0.3, 0.4) is 0 Å². The summed E-state index contributed by atoms with van der Waals surface area (Å²) in [5.74, 6) is 0. The first-order valence-electron chi connectivity index (χ1n) is 5.22. The lowest BCUT2D eigenvalue weighted by Gasteiger charge is -2.03. The molecule has 0 saturated carbocycles. The zero-order chi connectivity index (χ0) is 11.7. The first kappa shape index (κ1) is 10.6. The Labute approximate surface area is 108 Å². The van der Waals surface area contributed by atoms with Gasteiger partial charge in [-0.1, -0.05) is 17.7 Å². The highest BCUT2D eigenvalue weighted by Gasteiger charge is 2.02. The van der Waals surface area contributed by atoms with E-state index in [0.29, 0.717) is 6.54 Å². The fourth-order valence-electron chi connectivity index (χ4n) is 1.65. The van der Waals surface area contributed by atoms with E-state index >= 15 is 0 Å². The highest BCUT2D eigenvalue weighted by Crippen LogP contribution is 2.16. The normalized spacial score (nSPS) is 10.9. The molecule has 3 rings (SSSR count). The number of fused-ring (bicyclic) bond motifs is 1. The van der Waals surface area contributed by atoms with Crippen LogP contribution in [0.2, 0.25) is 5.02 Å². The smallest absolute Gasteiger partial charge is 0.193 e. The van der Waals surface area contributed by atoms with Gasteiger partial charge in [0, 0.05) is 28.5 Å². The Balaban J connectivity index is 1.74. The molecular weight excluding hydrogens is 254 g/mol. The highest BCUT2D eigenvalue weighted by molar-refractivity contribution is 7.15. The molecule has 1 aromatic carbocycles. The Morgan fingerprint density at radius 1 is 1.41 bits per heavy atom. The van der Waals surface area contributed by atoms with E-state index in [1.54, 1.807) is 11.3 Å². The average molecular weight is 264 g/mol. The van der Waals surface area contributed by atoms with E-state index in [9.17, 15) is 0 Å². The molecule has 0 unspecified atom stereocenters. The van der Waals surface area contributed by atoms with Crippen molar-refractivity contribution in [3.63, 3.8) is 0 Å². The molecule has 2 aromatic heterocycles. The number of nitrogens with one attached hydrogen (secondary N) is 1. The zero-order valence-electron chi connectivity index (χ0n) is 8.93. The summed E-state index contributed by atoms with van der Waals surface area (Å²) >= 11 is 7.55. The summed E-state index contributed by atoms with van der Waals surface area (Å²) in [5.41, 5.74) is 2.03. The van der Waals surface area contributed by atoms with Crippen LogP contribution < -0.4 is 5.32 Å². The van der Waals surface area contributed by atoms with Crippen LogP contribution >= 0.6 is 22.9 Å². The van der Waals surface area contributed by atoms with Gasteiger partial charge in [-0.3, -0.25) is 4.40 Å². The van der Waals surface area contributed by atoms with Gasteiger partial charge in [-0.25, -0.2) is 4.98 Å². The molecule has 0 atom stereocenters. The maximum absolute atomic E-state index is 5.92. The molecule has 3 aromatic rings. The highest BCUT2D eigenvalue weighted by atomic mass is 35.5. The minimum absolute atomic E-state index is 0.703. The Morgan fingerprint density at radius 3 is 3.18 bits per heavy atom. The molecular formula is C12H10ClN3S. The van der Waals surface area contributed by atoms with Gasteiger partial charge in [0.05, 0.1) is 12.2 Å². The first-order valence-corrected chi connectivity index (χ1v) is 6.47. The first-order chi connectivity index (χ1) is 8.31. The van der Waals surface area contributed by atoms with Crippen LogP contribution in [-0.4, -0.2) is 9.38 Å². The van der Waals surface area contributed by atoms with Crippen LogP contribution in [-0.2, 0) is 6.54 Å². The molecule has 0 spiro atoms. The number of halogens is 1. The van der Waals surface area contributed by atoms with Crippen LogP contribution in [0.5, 0.6) is 0 Å². The summed E-state index contributed by atoms with van der Waals surface area (Å²) in [6, 6.07) is 7.68. The lowest BCUT2D eigenvalue weighted by atomic mass is 10.3. The molecule has 0 aliphatic carbocycles. The Bertz CT molecular complexity index is 615. The van der Waals surface area contributed by atoms with Crippen LogP contribution in [0.25, 0.3) is 4.96 Å². The summed E-state index contributed by atoms with van der Waals surface area (Å²) in [4.78, 5) is 5.52. The van der Waals surface area contributed by atoms with Crippen molar-refractivity contribution in [1.29, 1.82) is 0 Å². The monoisotopic (exact) mass is 263 g/mol. The van der Waals surface area contributed by atoms with Crippen molar-refractivity contribution < 1.29 is 0 Å². The minimum Gasteiger partial charge on any atom is -0.379 e. The second kappa shape index (κ2) is 4.39. The summed E-state index contributed by atoms with van der Waals surface area (Å²) in [6.45, 7) is 0.703. The standard InChI is InChI=1S/C12H10ClN3S/c13-9-2-1-3-10(6-9)14-7-11-8-16-4-5-17-12(16)15-11/h1-6,8,14H,7H2. The summed E-state index contributed by atoms with van der Waals surface area (Å²) in [7, 11) is 0. The quantitative estimate of drug-likeness (QED) is 0.781. The van der Waals surface area contributed by atoms with Crippen molar-refractivity contribution >= 4 is 33.6 Å². The third-order valence-electron chi connectivity index (χ3n) is 2.44. The maximum Gasteiger partial charge on any atom is 0.193 e. The Kier molecular flexibility index (Phi) is 2.74. The molecule has 0 aliphatic heterocycles. The predicted octanol–water partition coefficient (Wildman–Crippen LogP) is 3.66. The van der Waals surface area contributed by atoms with Gasteiger partial charge in [0.25, 0.3) is 0 Å². The summed E-state index contributed by atoms with van der Waals surface area (Å²) < 4.78 is 2.03. The largest absolute Gasteiger partial charge is 0.379 e. The van der Waals surface area contributed by atoms with Crippen molar-refractivity contribution in [3.8, 4) is 0 Å². The van der Waals surface area contributed by atoms with E-state index in [1.165, 1.54) is 0 Å². The van der Waals surface area contributed by atoms with Crippen molar-refractivity contribution in [2.45, 2.75) is 6.54 Å². The third kappa shape index (κ3) is 2.28. The summed E-state index contributed by atoms with van der Waals surface area (Å²) in [5, 5.41) is 6.06. The second-order valence-corrected chi connectivity index (χ2v) is 5.00. The molecule has 1 N–H and O–H groups in total.